The van der Waals surface area contributed by atoms with Crippen molar-refractivity contribution in [3.8, 4) is 0 Å². The van der Waals surface area contributed by atoms with Crippen molar-refractivity contribution < 1.29 is 32.6 Å². The molecule has 0 spiro atoms. The molecule has 0 radical (unpaired) electrons. The van der Waals surface area contributed by atoms with Crippen molar-refractivity contribution in [1.29, 1.82) is 0 Å². The Morgan fingerprint density at radius 1 is 0.784 bits per heavy atom. The van der Waals surface area contributed by atoms with Crippen LogP contribution in [0.25, 0.3) is 0 Å². The Hall–Kier alpha value is -2.43. The zero-order chi connectivity index (χ0) is 25.5. The Morgan fingerprint density at radius 3 is 1.95 bits per heavy atom. The van der Waals surface area contributed by atoms with E-state index < -0.39 is 47.8 Å². The highest BCUT2D eigenvalue weighted by Gasteiger charge is 2.51. The largest absolute Gasteiger partial charge is 0.368 e. The minimum absolute atomic E-state index is 0.210. The van der Waals surface area contributed by atoms with E-state index >= 15 is 0 Å². The molecule has 7 atom stereocenters. The predicted octanol–water partition coefficient (Wildman–Crippen LogP) is 4.08. The maximum absolute atomic E-state index is 12.9. The van der Waals surface area contributed by atoms with Gasteiger partial charge >= 0.3 is 0 Å². The van der Waals surface area contributed by atoms with Gasteiger partial charge in [0.15, 0.2) is 12.6 Å². The summed E-state index contributed by atoms with van der Waals surface area (Å²) in [5, 5.41) is 0. The molecule has 3 aromatic rings. The van der Waals surface area contributed by atoms with Crippen LogP contribution in [-0.2, 0) is 52.4 Å². The fraction of sp³-hybridized carbons (Fsp3) is 0.379. The molecular formula is C29H32O7S. The minimum atomic E-state index is -1.27. The third-order valence-corrected chi connectivity index (χ3v) is 7.82. The molecule has 196 valence electrons. The van der Waals surface area contributed by atoms with E-state index in [-0.39, 0.29) is 12.4 Å². The van der Waals surface area contributed by atoms with Crippen LogP contribution in [0, 0.1) is 0 Å². The number of fused-ring (bicyclic) bond motifs is 1. The Kier molecular flexibility index (Phi) is 9.12. The van der Waals surface area contributed by atoms with E-state index in [9.17, 15) is 4.21 Å². The smallest absolute Gasteiger partial charge is 0.186 e. The van der Waals surface area contributed by atoms with Gasteiger partial charge in [0.2, 0.25) is 0 Å². The summed E-state index contributed by atoms with van der Waals surface area (Å²) in [5.41, 5.74) is 2.07. The lowest BCUT2D eigenvalue weighted by molar-refractivity contribution is -0.363. The minimum Gasteiger partial charge on any atom is -0.368 e. The van der Waals surface area contributed by atoms with Crippen LogP contribution in [0.4, 0.5) is 0 Å². The topological polar surface area (TPSA) is 72.5 Å². The molecular weight excluding hydrogens is 492 g/mol. The average molecular weight is 525 g/mol. The molecule has 0 bridgehead atoms. The molecule has 2 unspecified atom stereocenters. The number of methoxy groups -OCH3 is 1. The molecule has 0 amide bonds. The second-order valence-electron chi connectivity index (χ2n) is 8.99. The molecule has 2 fully saturated rings. The van der Waals surface area contributed by atoms with Gasteiger partial charge in [0.1, 0.15) is 24.4 Å². The standard InChI is InChI=1S/C29H32O7S/c1-31-29-28(34-18-22-13-7-3-8-14-22)27(33-17-21-11-5-2-6-12-21)26-24(35-29)19-32-25(36-26)20-37(30)23-15-9-4-10-16-23/h2-16,24-29H,17-20H2,1H3/t24-,25?,26+,27-,28+,29+,37?/m1/s1. The van der Waals surface area contributed by atoms with E-state index in [2.05, 4.69) is 0 Å². The molecule has 3 aromatic carbocycles. The van der Waals surface area contributed by atoms with Crippen LogP contribution in [0.1, 0.15) is 11.1 Å². The predicted molar refractivity (Wildman–Crippen MR) is 138 cm³/mol. The Labute approximate surface area is 220 Å². The molecule has 7 nitrogen and oxygen atoms in total. The fourth-order valence-electron chi connectivity index (χ4n) is 4.56. The first kappa shape index (κ1) is 26.2. The van der Waals surface area contributed by atoms with Crippen LogP contribution in [0.5, 0.6) is 0 Å². The van der Waals surface area contributed by atoms with E-state index in [0.717, 1.165) is 16.0 Å². The number of rotatable bonds is 10. The maximum atomic E-state index is 12.9. The van der Waals surface area contributed by atoms with Crippen LogP contribution in [-0.4, -0.2) is 60.7 Å². The number of hydrogen-bond donors (Lipinski definition) is 0. The summed E-state index contributed by atoms with van der Waals surface area (Å²) in [6, 6.07) is 29.2. The van der Waals surface area contributed by atoms with Crippen molar-refractivity contribution >= 4 is 10.8 Å². The number of benzene rings is 3. The fourth-order valence-corrected chi connectivity index (χ4v) is 5.64. The summed E-state index contributed by atoms with van der Waals surface area (Å²) < 4.78 is 49.9. The Morgan fingerprint density at radius 2 is 1.35 bits per heavy atom. The van der Waals surface area contributed by atoms with E-state index in [1.165, 1.54) is 0 Å². The van der Waals surface area contributed by atoms with Crippen LogP contribution in [0.3, 0.4) is 0 Å². The third kappa shape index (κ3) is 6.72. The van der Waals surface area contributed by atoms with Gasteiger partial charge in [-0.15, -0.1) is 0 Å². The van der Waals surface area contributed by atoms with Gasteiger partial charge in [0, 0.05) is 12.0 Å². The van der Waals surface area contributed by atoms with Gasteiger partial charge < -0.3 is 28.4 Å². The summed E-state index contributed by atoms with van der Waals surface area (Å²) in [4.78, 5) is 0.733. The van der Waals surface area contributed by atoms with E-state index in [1.54, 1.807) is 7.11 Å². The summed E-state index contributed by atoms with van der Waals surface area (Å²) in [6.07, 6.45) is -3.26. The highest BCUT2D eigenvalue weighted by molar-refractivity contribution is 7.85. The molecule has 2 heterocycles. The number of ether oxygens (including phenoxy) is 6. The molecule has 2 aliphatic rings. The summed E-state index contributed by atoms with van der Waals surface area (Å²) >= 11 is 0. The zero-order valence-corrected chi connectivity index (χ0v) is 21.5. The molecule has 0 aromatic heterocycles. The normalized spacial score (nSPS) is 28.4. The van der Waals surface area contributed by atoms with Crippen LogP contribution in [0.15, 0.2) is 95.9 Å². The van der Waals surface area contributed by atoms with Crippen molar-refractivity contribution in [2.45, 2.75) is 55.1 Å². The number of hydrogen-bond acceptors (Lipinski definition) is 7. The first-order valence-electron chi connectivity index (χ1n) is 12.4. The van der Waals surface area contributed by atoms with Crippen molar-refractivity contribution in [1.82, 2.24) is 0 Å². The van der Waals surface area contributed by atoms with Gasteiger partial charge in [-0.1, -0.05) is 78.9 Å². The van der Waals surface area contributed by atoms with Gasteiger partial charge in [-0.2, -0.15) is 0 Å². The first-order valence-corrected chi connectivity index (χ1v) is 13.7. The lowest BCUT2D eigenvalue weighted by atomic mass is 9.97. The van der Waals surface area contributed by atoms with Crippen LogP contribution < -0.4 is 0 Å². The van der Waals surface area contributed by atoms with Gasteiger partial charge in [0.05, 0.1) is 36.4 Å². The Bertz CT molecular complexity index is 1110. The summed E-state index contributed by atoms with van der Waals surface area (Å²) in [7, 11) is 0.321. The molecule has 0 saturated carbocycles. The second kappa shape index (κ2) is 12.9. The summed E-state index contributed by atoms with van der Waals surface area (Å²) in [5.74, 6) is 0.210. The Balaban J connectivity index is 1.34. The van der Waals surface area contributed by atoms with Gasteiger partial charge in [-0.25, -0.2) is 0 Å². The molecule has 2 saturated heterocycles. The maximum Gasteiger partial charge on any atom is 0.186 e. The second-order valence-corrected chi connectivity index (χ2v) is 10.5. The molecule has 2 aliphatic heterocycles. The third-order valence-electron chi connectivity index (χ3n) is 6.44. The van der Waals surface area contributed by atoms with Crippen molar-refractivity contribution in [3.63, 3.8) is 0 Å². The highest BCUT2D eigenvalue weighted by atomic mass is 32.2. The molecule has 5 rings (SSSR count). The first-order chi connectivity index (χ1) is 18.2. The molecule has 0 N–H and O–H groups in total. The zero-order valence-electron chi connectivity index (χ0n) is 20.7. The highest BCUT2D eigenvalue weighted by Crippen LogP contribution is 2.33. The monoisotopic (exact) mass is 524 g/mol. The van der Waals surface area contributed by atoms with E-state index in [0.29, 0.717) is 13.2 Å². The van der Waals surface area contributed by atoms with Gasteiger partial charge in [-0.3, -0.25) is 4.21 Å². The lowest BCUT2D eigenvalue weighted by Gasteiger charge is -2.48. The van der Waals surface area contributed by atoms with Crippen LogP contribution in [0.2, 0.25) is 0 Å². The van der Waals surface area contributed by atoms with Gasteiger partial charge in [-0.05, 0) is 23.3 Å². The SMILES string of the molecule is CO[C@H]1O[C@@H]2COC(CS(=O)c3ccccc3)O[C@@H]2[C@@H](OCc2ccccc2)[C@@H]1OCc1ccccc1. The van der Waals surface area contributed by atoms with Crippen LogP contribution >= 0.6 is 0 Å². The molecule has 0 aliphatic carbocycles. The summed E-state index contributed by atoms with van der Waals surface area (Å²) in [6.45, 7) is 1.02. The van der Waals surface area contributed by atoms with Crippen molar-refractivity contribution in [2.24, 2.45) is 0 Å². The van der Waals surface area contributed by atoms with E-state index in [1.807, 2.05) is 91.0 Å². The van der Waals surface area contributed by atoms with Crippen molar-refractivity contribution in [2.75, 3.05) is 19.5 Å². The van der Waals surface area contributed by atoms with E-state index in [4.69, 9.17) is 28.4 Å². The van der Waals surface area contributed by atoms with Gasteiger partial charge in [0.25, 0.3) is 0 Å². The average Bonchev–Trinajstić information content (AvgIpc) is 2.96. The lowest BCUT2D eigenvalue weighted by Crippen LogP contribution is -2.64. The molecule has 8 heteroatoms. The molecule has 37 heavy (non-hydrogen) atoms. The van der Waals surface area contributed by atoms with Crippen molar-refractivity contribution in [3.05, 3.63) is 102 Å². The quantitative estimate of drug-likeness (QED) is 0.396.